The molecule has 0 fully saturated rings. The van der Waals surface area contributed by atoms with Gasteiger partial charge in [0, 0.05) is 11.6 Å². The van der Waals surface area contributed by atoms with Gasteiger partial charge in [0.2, 0.25) is 11.7 Å². The molecule has 2 aromatic carbocycles. The van der Waals surface area contributed by atoms with Crippen molar-refractivity contribution in [1.29, 1.82) is 0 Å². The van der Waals surface area contributed by atoms with E-state index in [-0.39, 0.29) is 11.0 Å². The fraction of sp³-hybridized carbons (Fsp3) is 0.105. The molecule has 27 heavy (non-hydrogen) atoms. The number of amides is 1. The van der Waals surface area contributed by atoms with Crippen molar-refractivity contribution in [2.24, 2.45) is 0 Å². The lowest BCUT2D eigenvalue weighted by Crippen LogP contribution is -2.23. The number of benzene rings is 2. The maximum absolute atomic E-state index is 13.3. The van der Waals surface area contributed by atoms with E-state index in [0.29, 0.717) is 16.6 Å². The maximum atomic E-state index is 13.3. The number of halogens is 3. The summed E-state index contributed by atoms with van der Waals surface area (Å²) in [5, 5.41) is 3.38. The first kappa shape index (κ1) is 17.0. The second-order valence-electron chi connectivity index (χ2n) is 5.93. The summed E-state index contributed by atoms with van der Waals surface area (Å²) in [7, 11) is 0. The monoisotopic (exact) mass is 370 g/mol. The third-order valence-corrected chi connectivity index (χ3v) is 4.13. The number of hydrogen-bond acceptors (Lipinski definition) is 3. The summed E-state index contributed by atoms with van der Waals surface area (Å²) in [6.45, 7) is -0.508. The molecule has 4 rings (SSSR count). The molecule has 0 spiro atoms. The molecule has 0 radical (unpaired) electrons. The lowest BCUT2D eigenvalue weighted by atomic mass is 10.2. The fourth-order valence-corrected chi connectivity index (χ4v) is 3.00. The maximum Gasteiger partial charge on any atom is 0.449 e. The number of hydrogen-bond donors (Lipinski definition) is 1. The molecule has 1 N–H and O–H groups in total. The normalized spacial score (nSPS) is 11.8. The third-order valence-electron chi connectivity index (χ3n) is 4.13. The highest BCUT2D eigenvalue weighted by atomic mass is 19.4. The molecule has 0 bridgehead atoms. The molecule has 0 aliphatic carbocycles. The Kier molecular flexibility index (Phi) is 4.02. The molecule has 0 aliphatic heterocycles. The number of nitrogens with zero attached hydrogens (tertiary/aromatic N) is 3. The van der Waals surface area contributed by atoms with E-state index in [2.05, 4.69) is 15.3 Å². The number of pyridine rings is 1. The highest BCUT2D eigenvalue weighted by molar-refractivity contribution is 6.01. The van der Waals surface area contributed by atoms with Crippen molar-refractivity contribution in [3.05, 3.63) is 66.6 Å². The van der Waals surface area contributed by atoms with Crippen LogP contribution in [0.3, 0.4) is 0 Å². The van der Waals surface area contributed by atoms with Crippen LogP contribution in [0, 0.1) is 0 Å². The average molecular weight is 370 g/mol. The number of carbonyl (C=O) groups is 1. The zero-order chi connectivity index (χ0) is 19.0. The summed E-state index contributed by atoms with van der Waals surface area (Å²) >= 11 is 0. The lowest BCUT2D eigenvalue weighted by molar-refractivity contribution is -0.147. The van der Waals surface area contributed by atoms with Crippen LogP contribution >= 0.6 is 0 Å². The molecular weight excluding hydrogens is 357 g/mol. The Morgan fingerprint density at radius 1 is 1.00 bits per heavy atom. The molecule has 5 nitrogen and oxygen atoms in total. The smallest absolute Gasteiger partial charge is 0.324 e. The minimum atomic E-state index is -4.66. The van der Waals surface area contributed by atoms with Gasteiger partial charge in [-0.05, 0) is 36.4 Å². The van der Waals surface area contributed by atoms with Crippen molar-refractivity contribution in [3.8, 4) is 0 Å². The summed E-state index contributed by atoms with van der Waals surface area (Å²) in [6, 6.07) is 14.9. The van der Waals surface area contributed by atoms with Gasteiger partial charge in [-0.15, -0.1) is 0 Å². The van der Waals surface area contributed by atoms with Gasteiger partial charge in [0.05, 0.1) is 22.2 Å². The topological polar surface area (TPSA) is 59.8 Å². The average Bonchev–Trinajstić information content (AvgIpc) is 3.01. The summed E-state index contributed by atoms with van der Waals surface area (Å²) < 4.78 is 40.9. The number of imidazole rings is 1. The molecule has 0 atom stereocenters. The van der Waals surface area contributed by atoms with Gasteiger partial charge in [-0.25, -0.2) is 4.98 Å². The van der Waals surface area contributed by atoms with Gasteiger partial charge < -0.3 is 9.88 Å². The number of rotatable bonds is 3. The molecule has 0 unspecified atom stereocenters. The van der Waals surface area contributed by atoms with Crippen LogP contribution in [0.15, 0.2) is 60.8 Å². The van der Waals surface area contributed by atoms with Crippen LogP contribution in [0.5, 0.6) is 0 Å². The first-order chi connectivity index (χ1) is 12.9. The number of fused-ring (bicyclic) bond motifs is 2. The molecule has 0 aliphatic rings. The molecule has 1 amide bonds. The summed E-state index contributed by atoms with van der Waals surface area (Å²) in [5.41, 5.74) is 1.61. The van der Waals surface area contributed by atoms with Crippen LogP contribution in [0.1, 0.15) is 5.82 Å². The van der Waals surface area contributed by atoms with Crippen molar-refractivity contribution in [2.75, 3.05) is 5.32 Å². The summed E-state index contributed by atoms with van der Waals surface area (Å²) in [4.78, 5) is 20.3. The van der Waals surface area contributed by atoms with Crippen molar-refractivity contribution in [2.45, 2.75) is 12.7 Å². The second kappa shape index (κ2) is 6.39. The van der Waals surface area contributed by atoms with E-state index in [1.807, 2.05) is 0 Å². The zero-order valence-electron chi connectivity index (χ0n) is 13.9. The molecule has 0 saturated carbocycles. The van der Waals surface area contributed by atoms with E-state index in [1.165, 1.54) is 12.1 Å². The van der Waals surface area contributed by atoms with Crippen LogP contribution in [0.2, 0.25) is 0 Å². The van der Waals surface area contributed by atoms with E-state index >= 15 is 0 Å². The third kappa shape index (κ3) is 3.21. The van der Waals surface area contributed by atoms with Crippen LogP contribution in [-0.2, 0) is 17.5 Å². The van der Waals surface area contributed by atoms with Crippen LogP contribution in [0.25, 0.3) is 21.9 Å². The highest BCUT2D eigenvalue weighted by Crippen LogP contribution is 2.31. The Balaban J connectivity index is 1.69. The Labute approximate surface area is 151 Å². The summed E-state index contributed by atoms with van der Waals surface area (Å²) in [5.74, 6) is -1.68. The van der Waals surface area contributed by atoms with Gasteiger partial charge in [0.25, 0.3) is 0 Å². The largest absolute Gasteiger partial charge is 0.449 e. The molecule has 2 aromatic heterocycles. The second-order valence-corrected chi connectivity index (χ2v) is 5.93. The molecule has 0 saturated heterocycles. The van der Waals surface area contributed by atoms with Crippen molar-refractivity contribution < 1.29 is 18.0 Å². The van der Waals surface area contributed by atoms with Crippen LogP contribution in [-0.4, -0.2) is 20.4 Å². The number of nitrogens with one attached hydrogen (secondary N) is 1. The summed E-state index contributed by atoms with van der Waals surface area (Å²) in [6.07, 6.45) is -3.04. The van der Waals surface area contributed by atoms with Crippen LogP contribution < -0.4 is 5.32 Å². The first-order valence-electron chi connectivity index (χ1n) is 8.09. The van der Waals surface area contributed by atoms with Gasteiger partial charge in [-0.1, -0.05) is 18.2 Å². The molecule has 8 heteroatoms. The highest BCUT2D eigenvalue weighted by Gasteiger charge is 2.38. The number of carbonyl (C=O) groups excluding carboxylic acids is 1. The van der Waals surface area contributed by atoms with Crippen LogP contribution in [0.4, 0.5) is 18.9 Å². The number of aromatic nitrogens is 3. The van der Waals surface area contributed by atoms with E-state index in [9.17, 15) is 18.0 Å². The quantitative estimate of drug-likeness (QED) is 0.587. The Morgan fingerprint density at radius 3 is 2.59 bits per heavy atom. The minimum Gasteiger partial charge on any atom is -0.324 e. The van der Waals surface area contributed by atoms with Gasteiger partial charge in [-0.3, -0.25) is 9.78 Å². The first-order valence-corrected chi connectivity index (χ1v) is 8.09. The zero-order valence-corrected chi connectivity index (χ0v) is 13.9. The molecule has 2 heterocycles. The fourth-order valence-electron chi connectivity index (χ4n) is 3.00. The van der Waals surface area contributed by atoms with E-state index in [1.54, 1.807) is 48.7 Å². The van der Waals surface area contributed by atoms with Crippen molar-refractivity contribution in [3.63, 3.8) is 0 Å². The Morgan fingerprint density at radius 2 is 1.78 bits per heavy atom. The Hall–Kier alpha value is -3.42. The van der Waals surface area contributed by atoms with E-state index < -0.39 is 24.5 Å². The van der Waals surface area contributed by atoms with Crippen molar-refractivity contribution >= 4 is 33.5 Å². The SMILES string of the molecule is O=C(Cn1c(C(F)(F)F)nc2ccccc21)Nc1cccc2ncccc12. The standard InChI is InChI=1S/C19H13F3N4O/c20-19(21,22)18-25-15-6-1-2-9-16(15)26(18)11-17(27)24-14-8-3-7-13-12(14)5-4-10-23-13/h1-10H,11H2,(H,24,27). The van der Waals surface area contributed by atoms with Gasteiger partial charge in [0.1, 0.15) is 6.54 Å². The van der Waals surface area contributed by atoms with Gasteiger partial charge >= 0.3 is 6.18 Å². The Bertz CT molecular complexity index is 1150. The minimum absolute atomic E-state index is 0.187. The van der Waals surface area contributed by atoms with E-state index in [0.717, 1.165) is 4.57 Å². The number of alkyl halides is 3. The number of anilines is 1. The molecular formula is C19H13F3N4O. The lowest BCUT2D eigenvalue weighted by Gasteiger charge is -2.12. The molecule has 4 aromatic rings. The van der Waals surface area contributed by atoms with Gasteiger partial charge in [0.15, 0.2) is 0 Å². The van der Waals surface area contributed by atoms with Crippen molar-refractivity contribution in [1.82, 2.24) is 14.5 Å². The predicted octanol–water partition coefficient (Wildman–Crippen LogP) is 4.24. The number of para-hydroxylation sites is 2. The predicted molar refractivity (Wildman–Crippen MR) is 95.1 cm³/mol. The van der Waals surface area contributed by atoms with Gasteiger partial charge in [-0.2, -0.15) is 13.2 Å². The molecule has 136 valence electrons. The van der Waals surface area contributed by atoms with E-state index in [4.69, 9.17) is 0 Å².